The average molecular weight is 268 g/mol. The largest absolute Gasteiger partial charge is 0.467 e. The lowest BCUT2D eigenvalue weighted by molar-refractivity contribution is 0.0481. The van der Waals surface area contributed by atoms with Gasteiger partial charge in [-0.05, 0) is 26.2 Å². The van der Waals surface area contributed by atoms with Gasteiger partial charge in [-0.15, -0.1) is 0 Å². The molecule has 1 aliphatic heterocycles. The quantitative estimate of drug-likeness (QED) is 0.515. The molecular weight excluding hydrogens is 248 g/mol. The van der Waals surface area contributed by atoms with Gasteiger partial charge < -0.3 is 14.7 Å². The summed E-state index contributed by atoms with van der Waals surface area (Å²) < 4.78 is 5.03. The molecule has 0 saturated carbocycles. The number of aromatic nitrogens is 3. The van der Waals surface area contributed by atoms with Gasteiger partial charge in [-0.25, -0.2) is 5.84 Å². The number of hydrogen-bond donors (Lipinski definition) is 3. The zero-order chi connectivity index (χ0) is 13.9. The van der Waals surface area contributed by atoms with Gasteiger partial charge in [0.25, 0.3) is 0 Å². The summed E-state index contributed by atoms with van der Waals surface area (Å²) in [4.78, 5) is 14.4. The summed E-state index contributed by atoms with van der Waals surface area (Å²) in [5.74, 6) is 6.10. The third-order valence-corrected chi connectivity index (χ3v) is 3.26. The maximum Gasteiger partial charge on any atom is 0.322 e. The van der Waals surface area contributed by atoms with Crippen molar-refractivity contribution in [3.63, 3.8) is 0 Å². The molecule has 1 atom stereocenters. The first-order valence-corrected chi connectivity index (χ1v) is 6.28. The number of nitrogen functional groups attached to an aromatic ring is 1. The minimum absolute atomic E-state index is 0.217. The summed E-state index contributed by atoms with van der Waals surface area (Å²) in [7, 11) is 1.49. The zero-order valence-corrected chi connectivity index (χ0v) is 11.3. The molecule has 1 aromatic rings. The van der Waals surface area contributed by atoms with Crippen LogP contribution in [0.3, 0.4) is 0 Å². The number of nitrogens with zero attached hydrogens (tertiary/aromatic N) is 4. The maximum atomic E-state index is 10.1. The molecule has 1 aromatic heterocycles. The highest BCUT2D eigenvalue weighted by Crippen LogP contribution is 2.24. The SMILES string of the molecule is COc1nc(NN)nc(N2CCCC(C)(O)CC2)n1. The molecule has 0 radical (unpaired) electrons. The molecular formula is C11H20N6O2. The Balaban J connectivity index is 2.21. The number of rotatable bonds is 3. The molecule has 0 bridgehead atoms. The summed E-state index contributed by atoms with van der Waals surface area (Å²) in [6, 6.07) is 0.217. The van der Waals surface area contributed by atoms with Gasteiger partial charge in [-0.3, -0.25) is 5.43 Å². The van der Waals surface area contributed by atoms with Crippen LogP contribution >= 0.6 is 0 Å². The Morgan fingerprint density at radius 1 is 1.32 bits per heavy atom. The lowest BCUT2D eigenvalue weighted by atomic mass is 9.98. The van der Waals surface area contributed by atoms with Crippen LogP contribution in [0.25, 0.3) is 0 Å². The Morgan fingerprint density at radius 2 is 2.11 bits per heavy atom. The number of aliphatic hydroxyl groups is 1. The molecule has 0 aromatic carbocycles. The molecule has 8 nitrogen and oxygen atoms in total. The van der Waals surface area contributed by atoms with E-state index >= 15 is 0 Å². The number of methoxy groups -OCH3 is 1. The highest BCUT2D eigenvalue weighted by molar-refractivity contribution is 5.37. The van der Waals surface area contributed by atoms with Crippen molar-refractivity contribution in [2.45, 2.75) is 31.8 Å². The number of ether oxygens (including phenoxy) is 1. The standard InChI is InChI=1S/C11H20N6O2/c1-11(18)4-3-6-17(7-5-11)9-13-8(16-12)14-10(15-9)19-2/h18H,3-7,12H2,1-2H3,(H,13,14,15,16). The van der Waals surface area contributed by atoms with E-state index in [9.17, 15) is 5.11 Å². The van der Waals surface area contributed by atoms with Gasteiger partial charge in [0.15, 0.2) is 0 Å². The second kappa shape index (κ2) is 5.54. The van der Waals surface area contributed by atoms with Crippen molar-refractivity contribution >= 4 is 11.9 Å². The molecule has 4 N–H and O–H groups in total. The Hall–Kier alpha value is -1.67. The lowest BCUT2D eigenvalue weighted by Crippen LogP contribution is -2.30. The van der Waals surface area contributed by atoms with Crippen molar-refractivity contribution in [3.05, 3.63) is 0 Å². The predicted octanol–water partition coefficient (Wildman–Crippen LogP) is -0.0929. The molecule has 2 rings (SSSR count). The van der Waals surface area contributed by atoms with Crippen molar-refractivity contribution in [3.8, 4) is 6.01 Å². The van der Waals surface area contributed by atoms with Crippen molar-refractivity contribution in [1.29, 1.82) is 0 Å². The first-order chi connectivity index (χ1) is 9.04. The van der Waals surface area contributed by atoms with Gasteiger partial charge in [-0.1, -0.05) is 0 Å². The van der Waals surface area contributed by atoms with E-state index in [-0.39, 0.29) is 12.0 Å². The molecule has 1 aliphatic rings. The van der Waals surface area contributed by atoms with Crippen LogP contribution in [0.15, 0.2) is 0 Å². The van der Waals surface area contributed by atoms with E-state index in [1.165, 1.54) is 7.11 Å². The van der Waals surface area contributed by atoms with Crippen molar-refractivity contribution in [2.75, 3.05) is 30.5 Å². The monoisotopic (exact) mass is 268 g/mol. The fourth-order valence-electron chi connectivity index (χ4n) is 2.11. The number of nitrogens with two attached hydrogens (primary N) is 1. The fraction of sp³-hybridized carbons (Fsp3) is 0.727. The van der Waals surface area contributed by atoms with E-state index in [4.69, 9.17) is 10.6 Å². The van der Waals surface area contributed by atoms with Crippen LogP contribution in [0.4, 0.5) is 11.9 Å². The molecule has 1 saturated heterocycles. The van der Waals surface area contributed by atoms with E-state index in [2.05, 4.69) is 20.4 Å². The van der Waals surface area contributed by atoms with Crippen LogP contribution < -0.4 is 20.9 Å². The summed E-state index contributed by atoms with van der Waals surface area (Å²) in [5.41, 5.74) is 1.77. The van der Waals surface area contributed by atoms with Gasteiger partial charge in [0.05, 0.1) is 12.7 Å². The first kappa shape index (κ1) is 13.8. The second-order valence-corrected chi connectivity index (χ2v) is 4.93. The Labute approximate surface area is 112 Å². The van der Waals surface area contributed by atoms with Gasteiger partial charge in [0.2, 0.25) is 11.9 Å². The summed E-state index contributed by atoms with van der Waals surface area (Å²) in [6.45, 7) is 3.33. The normalized spacial score (nSPS) is 23.9. The van der Waals surface area contributed by atoms with E-state index < -0.39 is 5.60 Å². The van der Waals surface area contributed by atoms with Gasteiger partial charge in [0.1, 0.15) is 0 Å². The first-order valence-electron chi connectivity index (χ1n) is 6.28. The Kier molecular flexibility index (Phi) is 4.01. The Bertz CT molecular complexity index is 417. The smallest absolute Gasteiger partial charge is 0.322 e. The number of anilines is 2. The molecule has 19 heavy (non-hydrogen) atoms. The van der Waals surface area contributed by atoms with Crippen LogP contribution in [0.1, 0.15) is 26.2 Å². The molecule has 0 amide bonds. The minimum Gasteiger partial charge on any atom is -0.467 e. The fourth-order valence-corrected chi connectivity index (χ4v) is 2.11. The summed E-state index contributed by atoms with van der Waals surface area (Å²) in [6.07, 6.45) is 2.33. The topological polar surface area (TPSA) is 109 Å². The molecule has 8 heteroatoms. The third kappa shape index (κ3) is 3.42. The molecule has 0 spiro atoms. The van der Waals surface area contributed by atoms with Crippen molar-refractivity contribution in [2.24, 2.45) is 5.84 Å². The molecule has 1 unspecified atom stereocenters. The van der Waals surface area contributed by atoms with Crippen molar-refractivity contribution in [1.82, 2.24) is 15.0 Å². The Morgan fingerprint density at radius 3 is 2.79 bits per heavy atom. The van der Waals surface area contributed by atoms with Crippen LogP contribution in [-0.2, 0) is 0 Å². The van der Waals surface area contributed by atoms with E-state index in [1.807, 2.05) is 11.8 Å². The van der Waals surface area contributed by atoms with Gasteiger partial charge in [0, 0.05) is 13.1 Å². The van der Waals surface area contributed by atoms with Gasteiger partial charge in [-0.2, -0.15) is 15.0 Å². The van der Waals surface area contributed by atoms with Crippen LogP contribution in [-0.4, -0.2) is 45.9 Å². The van der Waals surface area contributed by atoms with Crippen LogP contribution in [0.2, 0.25) is 0 Å². The number of hydrogen-bond acceptors (Lipinski definition) is 8. The molecule has 1 fully saturated rings. The van der Waals surface area contributed by atoms with E-state index in [0.29, 0.717) is 18.9 Å². The lowest BCUT2D eigenvalue weighted by Gasteiger charge is -2.22. The highest BCUT2D eigenvalue weighted by atomic mass is 16.5. The average Bonchev–Trinajstić information content (AvgIpc) is 2.59. The predicted molar refractivity (Wildman–Crippen MR) is 70.9 cm³/mol. The summed E-state index contributed by atoms with van der Waals surface area (Å²) >= 11 is 0. The van der Waals surface area contributed by atoms with E-state index in [1.54, 1.807) is 0 Å². The maximum absolute atomic E-state index is 10.1. The van der Waals surface area contributed by atoms with E-state index in [0.717, 1.165) is 19.4 Å². The third-order valence-electron chi connectivity index (χ3n) is 3.26. The number of nitrogens with one attached hydrogen (secondary N) is 1. The minimum atomic E-state index is -0.624. The highest BCUT2D eigenvalue weighted by Gasteiger charge is 2.26. The van der Waals surface area contributed by atoms with Crippen molar-refractivity contribution < 1.29 is 9.84 Å². The molecule has 2 heterocycles. The molecule has 106 valence electrons. The summed E-state index contributed by atoms with van der Waals surface area (Å²) in [5, 5.41) is 10.1. The van der Waals surface area contributed by atoms with Gasteiger partial charge >= 0.3 is 6.01 Å². The number of hydrazine groups is 1. The second-order valence-electron chi connectivity index (χ2n) is 4.93. The molecule has 0 aliphatic carbocycles. The van der Waals surface area contributed by atoms with Crippen LogP contribution in [0.5, 0.6) is 6.01 Å². The zero-order valence-electron chi connectivity index (χ0n) is 11.3. The van der Waals surface area contributed by atoms with Crippen LogP contribution in [0, 0.1) is 0 Å².